The quantitative estimate of drug-likeness (QED) is 0.685. The minimum atomic E-state index is -1.75. The first kappa shape index (κ1) is 13.9. The second kappa shape index (κ2) is 5.42. The van der Waals surface area contributed by atoms with Gasteiger partial charge < -0.3 is 14.6 Å². The van der Waals surface area contributed by atoms with Crippen LogP contribution in [0.1, 0.15) is 11.7 Å². The molecule has 1 aromatic rings. The van der Waals surface area contributed by atoms with E-state index in [2.05, 4.69) is 25.4 Å². The van der Waals surface area contributed by atoms with Gasteiger partial charge in [0.25, 0.3) is 0 Å². The molecule has 0 amide bonds. The van der Waals surface area contributed by atoms with Crippen LogP contribution in [0.25, 0.3) is 0 Å². The standard InChI is InChI=1S/C10H9BrF2O4/c1-16-9-4(8(14)10(15)17-2)3-5(11)6(12)7(9)13/h3,8,14H,1-2H3. The number of rotatable bonds is 3. The van der Waals surface area contributed by atoms with Crippen molar-refractivity contribution in [2.45, 2.75) is 6.10 Å². The van der Waals surface area contributed by atoms with E-state index in [1.807, 2.05) is 0 Å². The zero-order valence-electron chi connectivity index (χ0n) is 8.96. The van der Waals surface area contributed by atoms with E-state index in [4.69, 9.17) is 0 Å². The maximum atomic E-state index is 13.5. The van der Waals surface area contributed by atoms with Crippen molar-refractivity contribution in [1.29, 1.82) is 0 Å². The fraction of sp³-hybridized carbons (Fsp3) is 0.300. The van der Waals surface area contributed by atoms with Gasteiger partial charge in [-0.1, -0.05) is 0 Å². The topological polar surface area (TPSA) is 55.8 Å². The number of esters is 1. The number of halogens is 3. The third-order valence-corrected chi connectivity index (χ3v) is 2.65. The summed E-state index contributed by atoms with van der Waals surface area (Å²) in [6.45, 7) is 0. The van der Waals surface area contributed by atoms with Gasteiger partial charge in [-0.25, -0.2) is 9.18 Å². The number of benzene rings is 1. The zero-order valence-corrected chi connectivity index (χ0v) is 10.5. The summed E-state index contributed by atoms with van der Waals surface area (Å²) in [5.41, 5.74) is -0.217. The average molecular weight is 311 g/mol. The molecule has 94 valence electrons. The monoisotopic (exact) mass is 310 g/mol. The third-order valence-electron chi connectivity index (χ3n) is 2.07. The number of carbonyl (C=O) groups excluding carboxylic acids is 1. The summed E-state index contributed by atoms with van der Waals surface area (Å²) in [5.74, 6) is -3.99. The van der Waals surface area contributed by atoms with Crippen LogP contribution in [-0.2, 0) is 9.53 Å². The Labute approximate surface area is 104 Å². The number of carbonyl (C=O) groups is 1. The molecule has 0 bridgehead atoms. The van der Waals surface area contributed by atoms with E-state index in [1.54, 1.807) is 0 Å². The minimum Gasteiger partial charge on any atom is -0.493 e. The maximum absolute atomic E-state index is 13.5. The lowest BCUT2D eigenvalue weighted by molar-refractivity contribution is -0.150. The van der Waals surface area contributed by atoms with Gasteiger partial charge in [0, 0.05) is 5.56 Å². The highest BCUT2D eigenvalue weighted by Gasteiger charge is 2.27. The van der Waals surface area contributed by atoms with Crippen molar-refractivity contribution in [3.05, 3.63) is 27.7 Å². The van der Waals surface area contributed by atoms with Crippen molar-refractivity contribution in [2.75, 3.05) is 14.2 Å². The molecule has 1 rings (SSSR count). The van der Waals surface area contributed by atoms with Crippen molar-refractivity contribution in [1.82, 2.24) is 0 Å². The Kier molecular flexibility index (Phi) is 4.41. The van der Waals surface area contributed by atoms with E-state index in [-0.39, 0.29) is 10.0 Å². The predicted molar refractivity (Wildman–Crippen MR) is 57.6 cm³/mol. The van der Waals surface area contributed by atoms with Gasteiger partial charge in [0.2, 0.25) is 5.82 Å². The normalized spacial score (nSPS) is 12.1. The van der Waals surface area contributed by atoms with Crippen molar-refractivity contribution >= 4 is 21.9 Å². The Bertz CT molecular complexity index is 450. The first-order valence-electron chi connectivity index (χ1n) is 4.41. The van der Waals surface area contributed by atoms with Gasteiger partial charge >= 0.3 is 5.97 Å². The molecule has 0 aliphatic heterocycles. The van der Waals surface area contributed by atoms with Crippen LogP contribution in [0.4, 0.5) is 8.78 Å². The molecule has 1 N–H and O–H groups in total. The van der Waals surface area contributed by atoms with Gasteiger partial charge in [-0.15, -0.1) is 0 Å². The van der Waals surface area contributed by atoms with Gasteiger partial charge in [-0.2, -0.15) is 4.39 Å². The van der Waals surface area contributed by atoms with Gasteiger partial charge in [-0.05, 0) is 22.0 Å². The lowest BCUT2D eigenvalue weighted by Crippen LogP contribution is -2.15. The van der Waals surface area contributed by atoms with Crippen LogP contribution in [0.2, 0.25) is 0 Å². The molecule has 0 aliphatic rings. The molecular formula is C10H9BrF2O4. The molecule has 0 aliphatic carbocycles. The molecule has 1 aromatic carbocycles. The van der Waals surface area contributed by atoms with E-state index in [0.29, 0.717) is 0 Å². The number of aliphatic hydroxyl groups excluding tert-OH is 1. The summed E-state index contributed by atoms with van der Waals surface area (Å²) in [6.07, 6.45) is -1.75. The molecule has 0 saturated heterocycles. The Morgan fingerprint density at radius 1 is 1.41 bits per heavy atom. The molecule has 7 heteroatoms. The van der Waals surface area contributed by atoms with Crippen LogP contribution in [0.5, 0.6) is 5.75 Å². The Morgan fingerprint density at radius 3 is 2.47 bits per heavy atom. The van der Waals surface area contributed by atoms with Crippen molar-refractivity contribution in [2.24, 2.45) is 0 Å². The van der Waals surface area contributed by atoms with Crippen LogP contribution in [0.3, 0.4) is 0 Å². The highest BCUT2D eigenvalue weighted by Crippen LogP contribution is 2.34. The second-order valence-corrected chi connectivity index (χ2v) is 3.89. The lowest BCUT2D eigenvalue weighted by atomic mass is 10.1. The summed E-state index contributed by atoms with van der Waals surface area (Å²) < 4.78 is 35.4. The summed E-state index contributed by atoms with van der Waals surface area (Å²) in [6, 6.07) is 1.05. The second-order valence-electron chi connectivity index (χ2n) is 3.03. The van der Waals surface area contributed by atoms with Crippen LogP contribution < -0.4 is 4.74 Å². The molecule has 4 nitrogen and oxygen atoms in total. The summed E-state index contributed by atoms with van der Waals surface area (Å²) >= 11 is 2.77. The van der Waals surface area contributed by atoms with E-state index in [1.165, 1.54) is 0 Å². The SMILES string of the molecule is COC(=O)C(O)c1cc(Br)c(F)c(F)c1OC. The number of aliphatic hydroxyl groups is 1. The van der Waals surface area contributed by atoms with Gasteiger partial charge in [0.1, 0.15) is 0 Å². The van der Waals surface area contributed by atoms with Crippen LogP contribution in [0.15, 0.2) is 10.5 Å². The van der Waals surface area contributed by atoms with Crippen molar-refractivity contribution in [3.63, 3.8) is 0 Å². The smallest absolute Gasteiger partial charge is 0.339 e. The number of ether oxygens (including phenoxy) is 2. The molecule has 0 fully saturated rings. The molecule has 0 spiro atoms. The highest BCUT2D eigenvalue weighted by atomic mass is 79.9. The zero-order chi connectivity index (χ0) is 13.2. The van der Waals surface area contributed by atoms with Gasteiger partial charge in [-0.3, -0.25) is 0 Å². The number of methoxy groups -OCH3 is 2. The van der Waals surface area contributed by atoms with E-state index in [9.17, 15) is 18.7 Å². The first-order valence-corrected chi connectivity index (χ1v) is 5.20. The lowest BCUT2D eigenvalue weighted by Gasteiger charge is -2.14. The molecule has 0 heterocycles. The fourth-order valence-corrected chi connectivity index (χ4v) is 1.67. The van der Waals surface area contributed by atoms with E-state index in [0.717, 1.165) is 20.3 Å². The first-order chi connectivity index (χ1) is 7.93. The number of hydrogen-bond acceptors (Lipinski definition) is 4. The Morgan fingerprint density at radius 2 is 2.00 bits per heavy atom. The molecule has 0 saturated carbocycles. The fourth-order valence-electron chi connectivity index (χ4n) is 1.25. The Hall–Kier alpha value is -1.21. The summed E-state index contributed by atoms with van der Waals surface area (Å²) in [5, 5.41) is 9.58. The third kappa shape index (κ3) is 2.55. The van der Waals surface area contributed by atoms with Crippen molar-refractivity contribution in [3.8, 4) is 5.75 Å². The number of hydrogen-bond donors (Lipinski definition) is 1. The molecule has 17 heavy (non-hydrogen) atoms. The largest absolute Gasteiger partial charge is 0.493 e. The van der Waals surface area contributed by atoms with E-state index >= 15 is 0 Å². The average Bonchev–Trinajstić information content (AvgIpc) is 2.33. The van der Waals surface area contributed by atoms with Crippen LogP contribution in [-0.4, -0.2) is 25.3 Å². The van der Waals surface area contributed by atoms with Crippen LogP contribution >= 0.6 is 15.9 Å². The molecule has 0 radical (unpaired) electrons. The molecule has 1 atom stereocenters. The van der Waals surface area contributed by atoms with E-state index < -0.39 is 29.5 Å². The molecule has 0 aromatic heterocycles. The Balaban J connectivity index is 3.37. The van der Waals surface area contributed by atoms with Crippen LogP contribution in [0, 0.1) is 11.6 Å². The summed E-state index contributed by atoms with van der Waals surface area (Å²) in [4.78, 5) is 11.1. The maximum Gasteiger partial charge on any atom is 0.339 e. The highest BCUT2D eigenvalue weighted by molar-refractivity contribution is 9.10. The minimum absolute atomic E-state index is 0.217. The van der Waals surface area contributed by atoms with Gasteiger partial charge in [0.05, 0.1) is 18.7 Å². The van der Waals surface area contributed by atoms with Gasteiger partial charge in [0.15, 0.2) is 17.7 Å². The molecule has 1 unspecified atom stereocenters. The molecular weight excluding hydrogens is 302 g/mol. The van der Waals surface area contributed by atoms with Crippen molar-refractivity contribution < 1.29 is 28.2 Å². The summed E-state index contributed by atoms with van der Waals surface area (Å²) in [7, 11) is 2.16. The predicted octanol–water partition coefficient (Wildman–Crippen LogP) is 1.94.